The Morgan fingerprint density at radius 1 is 1.47 bits per heavy atom. The maximum atomic E-state index is 11.9. The molecule has 2 heterocycles. The van der Waals surface area contributed by atoms with Crippen molar-refractivity contribution in [2.24, 2.45) is 0 Å². The Hall–Kier alpha value is -1.69. The van der Waals surface area contributed by atoms with Gasteiger partial charge in [-0.3, -0.25) is 4.98 Å². The number of aromatic nitrogens is 4. The highest BCUT2D eigenvalue weighted by Crippen LogP contribution is 1.93. The van der Waals surface area contributed by atoms with Gasteiger partial charge in [0.05, 0.1) is 6.20 Å². The van der Waals surface area contributed by atoms with Gasteiger partial charge >= 0.3 is 5.69 Å². The average Bonchev–Trinajstić information content (AvgIpc) is 2.63. The van der Waals surface area contributed by atoms with Crippen LogP contribution in [0, 0.1) is 0 Å². The quantitative estimate of drug-likeness (QED) is 0.756. The van der Waals surface area contributed by atoms with Gasteiger partial charge in [-0.05, 0) is 13.0 Å². The van der Waals surface area contributed by atoms with Crippen molar-refractivity contribution in [3.63, 3.8) is 0 Å². The molecular formula is C11H17N5O. The number of nitrogens with zero attached hydrogens (tertiary/aromatic N) is 4. The highest BCUT2D eigenvalue weighted by molar-refractivity contribution is 5.31. The zero-order chi connectivity index (χ0) is 12.3. The molecule has 0 atom stereocenters. The Morgan fingerprint density at radius 2 is 2.29 bits per heavy atom. The topological polar surface area (TPSA) is 64.2 Å². The molecule has 2 rings (SSSR count). The fourth-order valence-electron chi connectivity index (χ4n) is 1.65. The van der Waals surface area contributed by atoms with E-state index < -0.39 is 0 Å². The first-order chi connectivity index (χ1) is 8.18. The van der Waals surface area contributed by atoms with E-state index in [-0.39, 0.29) is 5.69 Å². The third kappa shape index (κ3) is 2.71. The first-order valence-electron chi connectivity index (χ1n) is 5.81. The largest absolute Gasteiger partial charge is 0.350 e. The van der Waals surface area contributed by atoms with Crippen LogP contribution in [0.2, 0.25) is 0 Å². The molecular weight excluding hydrogens is 218 g/mol. The molecule has 0 aliphatic carbocycles. The first-order valence-corrected chi connectivity index (χ1v) is 5.81. The Bertz CT molecular complexity index is 542. The van der Waals surface area contributed by atoms with Gasteiger partial charge in [-0.1, -0.05) is 13.8 Å². The lowest BCUT2D eigenvalue weighted by atomic mass is 10.3. The van der Waals surface area contributed by atoms with Gasteiger partial charge in [-0.2, -0.15) is 0 Å². The van der Waals surface area contributed by atoms with Crippen molar-refractivity contribution in [1.82, 2.24) is 24.5 Å². The molecule has 17 heavy (non-hydrogen) atoms. The molecule has 2 aromatic heterocycles. The highest BCUT2D eigenvalue weighted by atomic mass is 16.2. The van der Waals surface area contributed by atoms with Crippen molar-refractivity contribution in [3.8, 4) is 0 Å². The van der Waals surface area contributed by atoms with E-state index in [0.717, 1.165) is 13.0 Å². The molecule has 0 saturated carbocycles. The van der Waals surface area contributed by atoms with Crippen molar-refractivity contribution in [2.45, 2.75) is 32.9 Å². The summed E-state index contributed by atoms with van der Waals surface area (Å²) < 4.78 is 2.99. The molecule has 0 unspecified atom stereocenters. The summed E-state index contributed by atoms with van der Waals surface area (Å²) in [6.45, 7) is 5.71. The van der Waals surface area contributed by atoms with Crippen LogP contribution in [0.15, 0.2) is 23.4 Å². The van der Waals surface area contributed by atoms with Crippen molar-refractivity contribution in [1.29, 1.82) is 0 Å². The molecule has 0 fully saturated rings. The zero-order valence-corrected chi connectivity index (χ0v) is 10.1. The smallest absolute Gasteiger partial charge is 0.314 e. The minimum atomic E-state index is -0.105. The summed E-state index contributed by atoms with van der Waals surface area (Å²) in [6.07, 6.45) is 5.69. The second kappa shape index (κ2) is 5.09. The van der Waals surface area contributed by atoms with E-state index in [9.17, 15) is 4.79 Å². The molecule has 0 radical (unpaired) electrons. The Kier molecular flexibility index (Phi) is 3.53. The summed E-state index contributed by atoms with van der Waals surface area (Å²) in [7, 11) is 0. The Labute approximate surface area is 99.3 Å². The summed E-state index contributed by atoms with van der Waals surface area (Å²) in [4.78, 5) is 15.8. The molecule has 6 heteroatoms. The molecule has 0 spiro atoms. The van der Waals surface area contributed by atoms with Crippen LogP contribution in [-0.2, 0) is 6.54 Å². The van der Waals surface area contributed by atoms with Crippen LogP contribution < -0.4 is 11.0 Å². The van der Waals surface area contributed by atoms with E-state index in [0.29, 0.717) is 18.2 Å². The van der Waals surface area contributed by atoms with Crippen LogP contribution in [0.1, 0.15) is 20.3 Å². The third-order valence-electron chi connectivity index (χ3n) is 2.49. The summed E-state index contributed by atoms with van der Waals surface area (Å²) >= 11 is 0. The van der Waals surface area contributed by atoms with Crippen LogP contribution in [0.4, 0.5) is 0 Å². The van der Waals surface area contributed by atoms with Crippen LogP contribution in [0.5, 0.6) is 0 Å². The van der Waals surface area contributed by atoms with Gasteiger partial charge in [0, 0.05) is 25.0 Å². The average molecular weight is 235 g/mol. The molecule has 0 aliphatic rings. The number of hydrogen-bond donors (Lipinski definition) is 1. The third-order valence-corrected chi connectivity index (χ3v) is 2.49. The molecule has 2 aromatic rings. The second-order valence-corrected chi connectivity index (χ2v) is 4.27. The van der Waals surface area contributed by atoms with E-state index in [1.54, 1.807) is 18.6 Å². The van der Waals surface area contributed by atoms with E-state index in [1.807, 2.05) is 0 Å². The summed E-state index contributed by atoms with van der Waals surface area (Å²) in [5.41, 5.74) is 0.487. The van der Waals surface area contributed by atoms with Crippen LogP contribution >= 0.6 is 0 Å². The normalized spacial score (nSPS) is 11.5. The van der Waals surface area contributed by atoms with Crippen LogP contribution in [0.25, 0.3) is 5.65 Å². The molecule has 0 aliphatic heterocycles. The minimum absolute atomic E-state index is 0.105. The van der Waals surface area contributed by atoms with E-state index in [1.165, 1.54) is 9.08 Å². The van der Waals surface area contributed by atoms with Gasteiger partial charge < -0.3 is 5.32 Å². The first kappa shape index (κ1) is 11.8. The predicted octanol–water partition coefficient (Wildman–Crippen LogP) is 0.279. The van der Waals surface area contributed by atoms with Crippen molar-refractivity contribution >= 4 is 5.65 Å². The second-order valence-electron chi connectivity index (χ2n) is 4.27. The number of nitrogens with one attached hydrogen (secondary N) is 1. The predicted molar refractivity (Wildman–Crippen MR) is 65.0 cm³/mol. The summed E-state index contributed by atoms with van der Waals surface area (Å²) in [6, 6.07) is 0.469. The number of hydrogen-bond acceptors (Lipinski definition) is 4. The fourth-order valence-corrected chi connectivity index (χ4v) is 1.65. The highest BCUT2D eigenvalue weighted by Gasteiger charge is 2.05. The van der Waals surface area contributed by atoms with E-state index in [4.69, 9.17) is 0 Å². The molecule has 0 aromatic carbocycles. The maximum absolute atomic E-state index is 11.9. The number of rotatable bonds is 5. The number of aryl methyl sites for hydroxylation is 1. The van der Waals surface area contributed by atoms with Crippen molar-refractivity contribution in [2.75, 3.05) is 6.54 Å². The van der Waals surface area contributed by atoms with Crippen LogP contribution in [0.3, 0.4) is 0 Å². The lowest BCUT2D eigenvalue weighted by Gasteiger charge is -2.06. The molecule has 6 nitrogen and oxygen atoms in total. The molecule has 0 saturated heterocycles. The zero-order valence-electron chi connectivity index (χ0n) is 10.1. The van der Waals surface area contributed by atoms with Gasteiger partial charge in [0.1, 0.15) is 0 Å². The van der Waals surface area contributed by atoms with Crippen molar-refractivity contribution in [3.05, 3.63) is 29.1 Å². The molecule has 1 N–H and O–H groups in total. The monoisotopic (exact) mass is 235 g/mol. The van der Waals surface area contributed by atoms with Gasteiger partial charge in [0.15, 0.2) is 5.65 Å². The van der Waals surface area contributed by atoms with Gasteiger partial charge in [0.2, 0.25) is 0 Å². The summed E-state index contributed by atoms with van der Waals surface area (Å²) in [5.74, 6) is 0. The molecule has 0 bridgehead atoms. The lowest BCUT2D eigenvalue weighted by Crippen LogP contribution is -2.27. The molecule has 0 amide bonds. The Morgan fingerprint density at radius 3 is 3.00 bits per heavy atom. The van der Waals surface area contributed by atoms with E-state index in [2.05, 4.69) is 29.2 Å². The minimum Gasteiger partial charge on any atom is -0.314 e. The maximum Gasteiger partial charge on any atom is 0.350 e. The van der Waals surface area contributed by atoms with Gasteiger partial charge in [0.25, 0.3) is 0 Å². The Balaban J connectivity index is 2.04. The molecule has 92 valence electrons. The van der Waals surface area contributed by atoms with Crippen LogP contribution in [-0.4, -0.2) is 31.8 Å². The van der Waals surface area contributed by atoms with Crippen molar-refractivity contribution < 1.29 is 0 Å². The van der Waals surface area contributed by atoms with Gasteiger partial charge in [-0.25, -0.2) is 13.9 Å². The fraction of sp³-hybridized carbons (Fsp3) is 0.545. The summed E-state index contributed by atoms with van der Waals surface area (Å²) in [5, 5.41) is 7.51. The van der Waals surface area contributed by atoms with Gasteiger partial charge in [-0.15, -0.1) is 5.10 Å². The van der Waals surface area contributed by atoms with E-state index >= 15 is 0 Å². The number of fused-ring (bicyclic) bond motifs is 1. The standard InChI is InChI=1S/C11H17N5O/c1-9(2)13-4-3-6-16-11(17)15-7-5-12-8-10(15)14-16/h5,7-9,13H,3-4,6H2,1-2H3. The lowest BCUT2D eigenvalue weighted by molar-refractivity contribution is 0.505. The SMILES string of the molecule is CC(C)NCCCn1nc2cnccn2c1=O.